The van der Waals surface area contributed by atoms with E-state index in [4.69, 9.17) is 0 Å². The first-order valence-corrected chi connectivity index (χ1v) is 9.29. The standard InChI is InChI=1S/C20H23FN2O3/c21-16-3-1-2-13(10-16)12-22-6-8-23(9-7-22)19(24)17-14-4-5-15(11-14)18(17)20(25)26/h1-5,10,14-15,17-18H,6-9,11-12H2,(H,25,26)/t14-,15+,17+,18+/m0/s1. The van der Waals surface area contributed by atoms with Gasteiger partial charge >= 0.3 is 0 Å². The molecule has 2 bridgehead atoms. The van der Waals surface area contributed by atoms with Crippen LogP contribution in [-0.4, -0.2) is 43.0 Å². The molecule has 0 spiro atoms. The summed E-state index contributed by atoms with van der Waals surface area (Å²) in [5, 5.41) is 11.5. The van der Waals surface area contributed by atoms with Crippen LogP contribution in [0.4, 0.5) is 4.39 Å². The molecule has 6 heteroatoms. The molecule has 0 radical (unpaired) electrons. The van der Waals surface area contributed by atoms with Gasteiger partial charge in [-0.2, -0.15) is 0 Å². The summed E-state index contributed by atoms with van der Waals surface area (Å²) in [6.07, 6.45) is 4.67. The van der Waals surface area contributed by atoms with E-state index in [1.807, 2.05) is 23.1 Å². The van der Waals surface area contributed by atoms with Crippen LogP contribution < -0.4 is 10.0 Å². The van der Waals surface area contributed by atoms with E-state index in [0.29, 0.717) is 13.1 Å². The number of halogens is 1. The van der Waals surface area contributed by atoms with Crippen LogP contribution in [0.1, 0.15) is 12.0 Å². The number of aliphatic carboxylic acids is 1. The average Bonchev–Trinajstić information content (AvgIpc) is 3.23. The molecule has 1 saturated heterocycles. The number of allylic oxidation sites excluding steroid dienone is 2. The third-order valence-corrected chi connectivity index (χ3v) is 6.14. The molecule has 4 atom stereocenters. The van der Waals surface area contributed by atoms with Gasteiger partial charge in [0.1, 0.15) is 12.4 Å². The van der Waals surface area contributed by atoms with E-state index >= 15 is 0 Å². The highest BCUT2D eigenvalue weighted by Gasteiger charge is 2.50. The number of piperazine rings is 1. The highest BCUT2D eigenvalue weighted by Crippen LogP contribution is 2.48. The lowest BCUT2D eigenvalue weighted by atomic mass is 9.82. The van der Waals surface area contributed by atoms with Gasteiger partial charge in [0.15, 0.2) is 0 Å². The second-order valence-electron chi connectivity index (χ2n) is 7.70. The maximum absolute atomic E-state index is 13.3. The Morgan fingerprint density at radius 3 is 2.50 bits per heavy atom. The third-order valence-electron chi connectivity index (χ3n) is 6.14. The topological polar surface area (TPSA) is 64.9 Å². The van der Waals surface area contributed by atoms with Crippen LogP contribution in [0.5, 0.6) is 0 Å². The van der Waals surface area contributed by atoms with Gasteiger partial charge in [-0.3, -0.25) is 4.79 Å². The molecule has 1 aromatic rings. The quantitative estimate of drug-likeness (QED) is 0.720. The van der Waals surface area contributed by atoms with Gasteiger partial charge < -0.3 is 19.7 Å². The fourth-order valence-electron chi connectivity index (χ4n) is 4.85. The van der Waals surface area contributed by atoms with Gasteiger partial charge in [0, 0.05) is 17.5 Å². The molecule has 5 nitrogen and oxygen atoms in total. The van der Waals surface area contributed by atoms with Gasteiger partial charge in [0.25, 0.3) is 0 Å². The molecule has 0 aromatic heterocycles. The SMILES string of the molecule is O=C([O-])[C@H]1[C@H](C(=O)N2CC[NH+](Cc3cccc(F)c3)CC2)[C@H]2C=C[C@@H]1C2. The van der Waals surface area contributed by atoms with Gasteiger partial charge in [-0.05, 0) is 30.4 Å². The average molecular weight is 358 g/mol. The molecule has 1 amide bonds. The summed E-state index contributed by atoms with van der Waals surface area (Å²) >= 11 is 0. The van der Waals surface area contributed by atoms with Crippen LogP contribution >= 0.6 is 0 Å². The van der Waals surface area contributed by atoms with Crippen molar-refractivity contribution in [3.63, 3.8) is 0 Å². The van der Waals surface area contributed by atoms with Crippen LogP contribution in [0, 0.1) is 29.5 Å². The summed E-state index contributed by atoms with van der Waals surface area (Å²) in [6.45, 7) is 3.53. The minimum absolute atomic E-state index is 0.0353. The summed E-state index contributed by atoms with van der Waals surface area (Å²) in [7, 11) is 0. The molecule has 1 N–H and O–H groups in total. The summed E-state index contributed by atoms with van der Waals surface area (Å²) < 4.78 is 13.3. The lowest BCUT2D eigenvalue weighted by molar-refractivity contribution is -0.917. The van der Waals surface area contributed by atoms with E-state index < -0.39 is 17.8 Å². The molecule has 1 heterocycles. The minimum Gasteiger partial charge on any atom is -0.550 e. The number of fused-ring (bicyclic) bond motifs is 2. The first-order valence-electron chi connectivity index (χ1n) is 9.29. The molecule has 0 unspecified atom stereocenters. The Kier molecular flexibility index (Phi) is 4.53. The van der Waals surface area contributed by atoms with Crippen LogP contribution in [0.15, 0.2) is 36.4 Å². The molecule has 138 valence electrons. The normalized spacial score (nSPS) is 30.7. The van der Waals surface area contributed by atoms with Gasteiger partial charge in [-0.15, -0.1) is 0 Å². The largest absolute Gasteiger partial charge is 0.550 e. The second kappa shape index (κ2) is 6.83. The lowest BCUT2D eigenvalue weighted by Crippen LogP contribution is -3.13. The summed E-state index contributed by atoms with van der Waals surface area (Å²) in [6, 6.07) is 6.62. The number of carbonyl (C=O) groups is 2. The number of hydrogen-bond donors (Lipinski definition) is 1. The number of carboxylic acids is 1. The van der Waals surface area contributed by atoms with Gasteiger partial charge in [0.05, 0.1) is 32.1 Å². The highest BCUT2D eigenvalue weighted by atomic mass is 19.1. The Morgan fingerprint density at radius 1 is 1.15 bits per heavy atom. The summed E-state index contributed by atoms with van der Waals surface area (Å²) in [5.74, 6) is -2.55. The van der Waals surface area contributed by atoms with E-state index in [-0.39, 0.29) is 23.6 Å². The van der Waals surface area contributed by atoms with E-state index in [0.717, 1.165) is 31.6 Å². The van der Waals surface area contributed by atoms with Crippen LogP contribution in [0.3, 0.4) is 0 Å². The third kappa shape index (κ3) is 3.14. The molecular formula is C20H23FN2O3. The Bertz CT molecular complexity index is 742. The number of nitrogens with zero attached hydrogens (tertiary/aromatic N) is 1. The Morgan fingerprint density at radius 2 is 1.85 bits per heavy atom. The van der Waals surface area contributed by atoms with Crippen LogP contribution in [-0.2, 0) is 16.1 Å². The molecule has 1 aliphatic heterocycles. The van der Waals surface area contributed by atoms with Crippen molar-refractivity contribution in [3.8, 4) is 0 Å². The van der Waals surface area contributed by atoms with E-state index in [2.05, 4.69) is 0 Å². The van der Waals surface area contributed by atoms with E-state index in [1.165, 1.54) is 11.0 Å². The van der Waals surface area contributed by atoms with Crippen molar-refractivity contribution in [3.05, 3.63) is 47.8 Å². The molecular weight excluding hydrogens is 335 g/mol. The number of benzene rings is 1. The highest BCUT2D eigenvalue weighted by molar-refractivity contribution is 5.86. The summed E-state index contributed by atoms with van der Waals surface area (Å²) in [4.78, 5) is 27.6. The van der Waals surface area contributed by atoms with E-state index in [9.17, 15) is 19.1 Å². The minimum atomic E-state index is -1.10. The molecule has 3 aliphatic rings. The Hall–Kier alpha value is -2.21. The van der Waals surface area contributed by atoms with Crippen molar-refractivity contribution in [2.24, 2.45) is 23.7 Å². The van der Waals surface area contributed by atoms with Gasteiger partial charge in [-0.1, -0.05) is 24.3 Å². The van der Waals surface area contributed by atoms with Crippen molar-refractivity contribution >= 4 is 11.9 Å². The lowest BCUT2D eigenvalue weighted by Gasteiger charge is -2.37. The molecule has 2 aliphatic carbocycles. The predicted molar refractivity (Wildman–Crippen MR) is 90.1 cm³/mol. The van der Waals surface area contributed by atoms with Crippen LogP contribution in [0.25, 0.3) is 0 Å². The second-order valence-corrected chi connectivity index (χ2v) is 7.70. The number of carboxylic acid groups (broad SMARTS) is 1. The van der Waals surface area contributed by atoms with Crippen LogP contribution in [0.2, 0.25) is 0 Å². The number of rotatable bonds is 4. The van der Waals surface area contributed by atoms with Gasteiger partial charge in [-0.25, -0.2) is 4.39 Å². The fraction of sp³-hybridized carbons (Fsp3) is 0.500. The maximum Gasteiger partial charge on any atom is 0.227 e. The zero-order valence-corrected chi connectivity index (χ0v) is 14.6. The first-order chi connectivity index (χ1) is 12.5. The Balaban J connectivity index is 1.36. The maximum atomic E-state index is 13.3. The number of amides is 1. The molecule has 2 fully saturated rings. The molecule has 1 saturated carbocycles. The first kappa shape index (κ1) is 17.2. The molecule has 4 rings (SSSR count). The van der Waals surface area contributed by atoms with Crippen molar-refractivity contribution in [2.45, 2.75) is 13.0 Å². The van der Waals surface area contributed by atoms with E-state index in [1.54, 1.807) is 12.1 Å². The predicted octanol–water partition coefficient (Wildman–Crippen LogP) is -0.759. The zero-order valence-electron chi connectivity index (χ0n) is 14.6. The number of nitrogens with one attached hydrogen (secondary N) is 1. The smallest absolute Gasteiger partial charge is 0.227 e. The Labute approximate surface area is 152 Å². The monoisotopic (exact) mass is 358 g/mol. The number of quaternary nitrogens is 1. The van der Waals surface area contributed by atoms with Gasteiger partial charge in [0.2, 0.25) is 5.91 Å². The fourth-order valence-corrected chi connectivity index (χ4v) is 4.85. The van der Waals surface area contributed by atoms with Crippen molar-refractivity contribution in [1.29, 1.82) is 0 Å². The zero-order chi connectivity index (χ0) is 18.3. The summed E-state index contributed by atoms with van der Waals surface area (Å²) in [5.41, 5.74) is 0.954. The molecule has 26 heavy (non-hydrogen) atoms. The van der Waals surface area contributed by atoms with Crippen molar-refractivity contribution < 1.29 is 24.0 Å². The molecule has 1 aromatic carbocycles. The van der Waals surface area contributed by atoms with Crippen molar-refractivity contribution in [1.82, 2.24) is 4.90 Å². The number of hydrogen-bond acceptors (Lipinski definition) is 3. The van der Waals surface area contributed by atoms with Crippen molar-refractivity contribution in [2.75, 3.05) is 26.2 Å². The number of carbonyl (C=O) groups excluding carboxylic acids is 2.